The third-order valence-corrected chi connectivity index (χ3v) is 7.73. The summed E-state index contributed by atoms with van der Waals surface area (Å²) in [7, 11) is 1.67. The van der Waals surface area contributed by atoms with Crippen LogP contribution in [0.4, 0.5) is 0 Å². The minimum atomic E-state index is -0.490. The van der Waals surface area contributed by atoms with Crippen LogP contribution in [0.1, 0.15) is 43.2 Å². The van der Waals surface area contributed by atoms with Gasteiger partial charge in [-0.1, -0.05) is 24.3 Å². The quantitative estimate of drug-likeness (QED) is 0.530. The Bertz CT molecular complexity index is 1120. The first-order chi connectivity index (χ1) is 16.7. The van der Waals surface area contributed by atoms with Gasteiger partial charge in [-0.25, -0.2) is 0 Å². The molecular formula is C29H34N2O3. The van der Waals surface area contributed by atoms with Crippen molar-refractivity contribution in [1.82, 2.24) is 9.88 Å². The van der Waals surface area contributed by atoms with E-state index in [9.17, 15) is 4.79 Å². The number of ether oxygens (including phenoxy) is 2. The van der Waals surface area contributed by atoms with Gasteiger partial charge in [-0.3, -0.25) is 9.78 Å². The number of likely N-dealkylation sites (tertiary alicyclic amines) is 1. The van der Waals surface area contributed by atoms with Gasteiger partial charge >= 0.3 is 0 Å². The second-order valence-electron chi connectivity index (χ2n) is 9.75. The van der Waals surface area contributed by atoms with Gasteiger partial charge in [0.15, 0.2) is 0 Å². The van der Waals surface area contributed by atoms with Crippen molar-refractivity contribution in [3.63, 3.8) is 0 Å². The minimum Gasteiger partial charge on any atom is -0.497 e. The number of aromatic nitrogens is 1. The molecule has 34 heavy (non-hydrogen) atoms. The molecule has 5 nitrogen and oxygen atoms in total. The van der Waals surface area contributed by atoms with Gasteiger partial charge in [0.25, 0.3) is 0 Å². The largest absolute Gasteiger partial charge is 0.497 e. The molecule has 2 saturated heterocycles. The Labute approximate surface area is 202 Å². The average Bonchev–Trinajstić information content (AvgIpc) is 3.14. The molecule has 0 radical (unpaired) electrons. The molecule has 5 heteroatoms. The molecule has 2 aromatic carbocycles. The van der Waals surface area contributed by atoms with E-state index in [4.69, 9.17) is 9.47 Å². The third-order valence-electron chi connectivity index (χ3n) is 7.73. The monoisotopic (exact) mass is 458 g/mol. The zero-order valence-electron chi connectivity index (χ0n) is 20.0. The standard InChI is InChI=1S/C29H34N2O3/c1-33-26-9-7-25(8-10-26)29(13-18-34-19-14-29)28(32)31-16-3-4-22(12-17-31)20-23-6-11-27-24(21-23)5-2-15-30-27/h2,5-11,15,21-22H,3-4,12-14,16-20H2,1H3/t22-/m1/s1. The highest BCUT2D eigenvalue weighted by molar-refractivity contribution is 5.88. The molecule has 0 bridgehead atoms. The first kappa shape index (κ1) is 22.9. The van der Waals surface area contributed by atoms with E-state index < -0.39 is 5.41 Å². The number of hydrogen-bond donors (Lipinski definition) is 0. The fourth-order valence-corrected chi connectivity index (χ4v) is 5.72. The lowest BCUT2D eigenvalue weighted by atomic mass is 9.73. The van der Waals surface area contributed by atoms with Gasteiger partial charge in [-0.05, 0) is 85.9 Å². The minimum absolute atomic E-state index is 0.276. The van der Waals surface area contributed by atoms with Gasteiger partial charge in [0.05, 0.1) is 18.0 Å². The smallest absolute Gasteiger partial charge is 0.233 e. The number of methoxy groups -OCH3 is 1. The van der Waals surface area contributed by atoms with E-state index >= 15 is 0 Å². The van der Waals surface area contributed by atoms with Crippen LogP contribution >= 0.6 is 0 Å². The summed E-state index contributed by atoms with van der Waals surface area (Å²) in [5.74, 6) is 1.69. The third kappa shape index (κ3) is 4.67. The Morgan fingerprint density at radius 2 is 1.91 bits per heavy atom. The maximum atomic E-state index is 14.0. The molecule has 178 valence electrons. The molecule has 1 aromatic heterocycles. The molecule has 3 heterocycles. The van der Waals surface area contributed by atoms with Crippen LogP contribution in [-0.2, 0) is 21.4 Å². The van der Waals surface area contributed by atoms with Crippen LogP contribution in [0.3, 0.4) is 0 Å². The van der Waals surface area contributed by atoms with Crippen molar-refractivity contribution in [2.45, 2.75) is 43.9 Å². The van der Waals surface area contributed by atoms with Crippen LogP contribution in [0.25, 0.3) is 10.9 Å². The van der Waals surface area contributed by atoms with Crippen molar-refractivity contribution in [2.24, 2.45) is 5.92 Å². The molecule has 1 atom stereocenters. The predicted octanol–water partition coefficient (Wildman–Crippen LogP) is 5.16. The van der Waals surface area contributed by atoms with E-state index in [1.54, 1.807) is 7.11 Å². The predicted molar refractivity (Wildman–Crippen MR) is 134 cm³/mol. The fraction of sp³-hybridized carbons (Fsp3) is 0.448. The maximum Gasteiger partial charge on any atom is 0.233 e. The number of hydrogen-bond acceptors (Lipinski definition) is 4. The molecule has 0 unspecified atom stereocenters. The molecule has 5 rings (SSSR count). The van der Waals surface area contributed by atoms with Gasteiger partial charge in [-0.15, -0.1) is 0 Å². The normalized spacial score (nSPS) is 20.6. The summed E-state index contributed by atoms with van der Waals surface area (Å²) in [6.07, 6.45) is 7.65. The number of nitrogens with zero attached hydrogens (tertiary/aromatic N) is 2. The Kier molecular flexibility index (Phi) is 6.82. The van der Waals surface area contributed by atoms with Crippen molar-refractivity contribution < 1.29 is 14.3 Å². The first-order valence-corrected chi connectivity index (χ1v) is 12.5. The van der Waals surface area contributed by atoms with Crippen LogP contribution in [-0.4, -0.2) is 49.2 Å². The van der Waals surface area contributed by atoms with Gasteiger partial charge in [-0.2, -0.15) is 0 Å². The molecule has 0 N–H and O–H groups in total. The van der Waals surface area contributed by atoms with Crippen molar-refractivity contribution >= 4 is 16.8 Å². The summed E-state index contributed by atoms with van der Waals surface area (Å²) in [6, 6.07) is 18.8. The summed E-state index contributed by atoms with van der Waals surface area (Å²) in [6.45, 7) is 2.93. The second kappa shape index (κ2) is 10.1. The average molecular weight is 459 g/mol. The van der Waals surface area contributed by atoms with Crippen LogP contribution in [0.2, 0.25) is 0 Å². The summed E-state index contributed by atoms with van der Waals surface area (Å²) in [5.41, 5.74) is 3.01. The van der Waals surface area contributed by atoms with E-state index in [0.29, 0.717) is 19.1 Å². The number of pyridine rings is 1. The van der Waals surface area contributed by atoms with Crippen molar-refractivity contribution in [3.05, 3.63) is 71.9 Å². The van der Waals surface area contributed by atoms with Crippen LogP contribution in [0.5, 0.6) is 5.75 Å². The number of fused-ring (bicyclic) bond motifs is 1. The van der Waals surface area contributed by atoms with Crippen molar-refractivity contribution in [2.75, 3.05) is 33.4 Å². The molecule has 3 aromatic rings. The number of carbonyl (C=O) groups is 1. The van der Waals surface area contributed by atoms with Crippen molar-refractivity contribution in [3.8, 4) is 5.75 Å². The van der Waals surface area contributed by atoms with E-state index in [1.807, 2.05) is 24.4 Å². The number of rotatable bonds is 5. The Hall–Kier alpha value is -2.92. The topological polar surface area (TPSA) is 51.7 Å². The van der Waals surface area contributed by atoms with E-state index in [1.165, 1.54) is 10.9 Å². The maximum absolute atomic E-state index is 14.0. The molecule has 2 aliphatic heterocycles. The second-order valence-corrected chi connectivity index (χ2v) is 9.75. The highest BCUT2D eigenvalue weighted by atomic mass is 16.5. The highest BCUT2D eigenvalue weighted by Crippen LogP contribution is 2.38. The van der Waals surface area contributed by atoms with Crippen LogP contribution < -0.4 is 4.74 Å². The Morgan fingerprint density at radius 1 is 1.09 bits per heavy atom. The lowest BCUT2D eigenvalue weighted by Crippen LogP contribution is -2.50. The van der Waals surface area contributed by atoms with Gasteiger partial charge in [0, 0.05) is 37.9 Å². The van der Waals surface area contributed by atoms with Gasteiger partial charge in [0.2, 0.25) is 5.91 Å². The van der Waals surface area contributed by atoms with Gasteiger partial charge < -0.3 is 14.4 Å². The SMILES string of the molecule is COc1ccc(C2(C(=O)N3CCC[C@@H](Cc4ccc5ncccc5c4)CC3)CCOCC2)cc1. The fourth-order valence-electron chi connectivity index (χ4n) is 5.72. The van der Waals surface area contributed by atoms with E-state index in [2.05, 4.69) is 46.3 Å². The lowest BCUT2D eigenvalue weighted by molar-refractivity contribution is -0.141. The molecular weight excluding hydrogens is 424 g/mol. The molecule has 2 fully saturated rings. The molecule has 0 aliphatic carbocycles. The lowest BCUT2D eigenvalue weighted by Gasteiger charge is -2.40. The first-order valence-electron chi connectivity index (χ1n) is 12.5. The molecule has 0 spiro atoms. The molecule has 1 amide bonds. The Morgan fingerprint density at radius 3 is 2.71 bits per heavy atom. The van der Waals surface area contributed by atoms with E-state index in [0.717, 1.165) is 68.4 Å². The summed E-state index contributed by atoms with van der Waals surface area (Å²) in [4.78, 5) is 20.6. The number of amides is 1. The molecule has 0 saturated carbocycles. The summed E-state index contributed by atoms with van der Waals surface area (Å²) < 4.78 is 11.0. The number of carbonyl (C=O) groups excluding carboxylic acids is 1. The number of benzene rings is 2. The zero-order chi connectivity index (χ0) is 23.4. The van der Waals surface area contributed by atoms with Gasteiger partial charge in [0.1, 0.15) is 5.75 Å². The van der Waals surface area contributed by atoms with Crippen molar-refractivity contribution in [1.29, 1.82) is 0 Å². The van der Waals surface area contributed by atoms with Crippen LogP contribution in [0, 0.1) is 5.92 Å². The highest BCUT2D eigenvalue weighted by Gasteiger charge is 2.44. The summed E-state index contributed by atoms with van der Waals surface area (Å²) in [5, 5.41) is 1.20. The summed E-state index contributed by atoms with van der Waals surface area (Å²) >= 11 is 0. The molecule has 2 aliphatic rings. The Balaban J connectivity index is 1.29. The van der Waals surface area contributed by atoms with E-state index in [-0.39, 0.29) is 5.91 Å². The van der Waals surface area contributed by atoms with Crippen LogP contribution in [0.15, 0.2) is 60.8 Å². The zero-order valence-corrected chi connectivity index (χ0v) is 20.0.